The van der Waals surface area contributed by atoms with Crippen molar-refractivity contribution in [2.24, 2.45) is 0 Å². The van der Waals surface area contributed by atoms with E-state index in [0.717, 1.165) is 54.7 Å². The molecule has 3 aliphatic heterocycles. The molecule has 2 bridgehead atoms. The summed E-state index contributed by atoms with van der Waals surface area (Å²) >= 11 is 0. The van der Waals surface area contributed by atoms with Gasteiger partial charge >= 0.3 is 22.3 Å². The van der Waals surface area contributed by atoms with Crippen molar-refractivity contribution in [1.29, 1.82) is 5.26 Å². The first-order valence-electron chi connectivity index (χ1n) is 20.6. The molecule has 0 aliphatic carbocycles. The molecule has 0 radical (unpaired) electrons. The summed E-state index contributed by atoms with van der Waals surface area (Å²) < 4.78 is 42.8. The number of fused-ring (bicyclic) bond motifs is 2. The van der Waals surface area contributed by atoms with Crippen LogP contribution in [0.1, 0.15) is 80.0 Å². The van der Waals surface area contributed by atoms with E-state index < -0.39 is 27.1 Å². The molecule has 3 aliphatic rings. The summed E-state index contributed by atoms with van der Waals surface area (Å²) in [5.74, 6) is -0.984. The van der Waals surface area contributed by atoms with E-state index in [0.29, 0.717) is 38.0 Å². The van der Waals surface area contributed by atoms with Gasteiger partial charge in [-0.15, -0.1) is 12.4 Å². The summed E-state index contributed by atoms with van der Waals surface area (Å²) in [6.07, 6.45) is 6.38. The first-order valence-corrected chi connectivity index (χ1v) is 22.0. The number of rotatable bonds is 12. The van der Waals surface area contributed by atoms with Crippen LogP contribution in [-0.4, -0.2) is 102 Å². The van der Waals surface area contributed by atoms with Gasteiger partial charge in [0.2, 0.25) is 0 Å². The van der Waals surface area contributed by atoms with Gasteiger partial charge in [-0.2, -0.15) is 13.7 Å². The molecule has 4 aromatic rings. The van der Waals surface area contributed by atoms with Gasteiger partial charge in [-0.05, 0) is 94.3 Å². The highest BCUT2D eigenvalue weighted by Gasteiger charge is 2.45. The van der Waals surface area contributed by atoms with Gasteiger partial charge < -0.3 is 24.4 Å². The van der Waals surface area contributed by atoms with Crippen LogP contribution in [0.3, 0.4) is 0 Å². The van der Waals surface area contributed by atoms with Gasteiger partial charge in [0.15, 0.2) is 0 Å². The third-order valence-corrected chi connectivity index (χ3v) is 12.2. The average Bonchev–Trinajstić information content (AvgIpc) is 3.45. The van der Waals surface area contributed by atoms with Crippen LogP contribution >= 0.6 is 12.4 Å². The van der Waals surface area contributed by atoms with Gasteiger partial charge in [0.25, 0.3) is 0 Å². The van der Waals surface area contributed by atoms with Crippen molar-refractivity contribution >= 4 is 34.7 Å². The minimum Gasteiger partial charge on any atom is -0.465 e. The van der Waals surface area contributed by atoms with Gasteiger partial charge in [-0.25, -0.2) is 0 Å². The molecule has 328 valence electrons. The number of aliphatic hydroxyl groups is 1. The van der Waals surface area contributed by atoms with E-state index in [1.807, 2.05) is 128 Å². The van der Waals surface area contributed by atoms with E-state index in [4.69, 9.17) is 27.0 Å². The lowest BCUT2D eigenvalue weighted by molar-refractivity contribution is -0.155. The number of piperidine rings is 2. The highest BCUT2D eigenvalue weighted by Crippen LogP contribution is 2.40. The number of carbonyl (C=O) groups is 2. The van der Waals surface area contributed by atoms with Crippen molar-refractivity contribution < 1.29 is 41.7 Å². The fraction of sp³-hybridized carbons (Fsp3) is 0.426. The molecule has 3 atom stereocenters. The Balaban J connectivity index is 0.000000258. The summed E-state index contributed by atoms with van der Waals surface area (Å²) in [5, 5.41) is 20.0. The van der Waals surface area contributed by atoms with Crippen LogP contribution < -0.4 is 0 Å². The fourth-order valence-electron chi connectivity index (χ4n) is 8.91. The van der Waals surface area contributed by atoms with Crippen molar-refractivity contribution in [2.45, 2.75) is 86.8 Å². The van der Waals surface area contributed by atoms with Crippen molar-refractivity contribution in [2.75, 3.05) is 39.9 Å². The van der Waals surface area contributed by atoms with Crippen LogP contribution in [0, 0.1) is 11.3 Å². The maximum atomic E-state index is 13.1. The molecular formula is C47H58ClN3O9S. The summed E-state index contributed by atoms with van der Waals surface area (Å²) in [6, 6.07) is 43.3. The number of nitriles is 1. The lowest BCUT2D eigenvalue weighted by atomic mass is 9.71. The molecule has 3 saturated heterocycles. The number of benzene rings is 4. The Morgan fingerprint density at radius 2 is 1.30 bits per heavy atom. The van der Waals surface area contributed by atoms with E-state index in [1.54, 1.807) is 0 Å². The first-order chi connectivity index (χ1) is 28.8. The Bertz CT molecular complexity index is 2040. The molecule has 3 unspecified atom stereocenters. The highest BCUT2D eigenvalue weighted by atomic mass is 35.5. The quantitative estimate of drug-likeness (QED) is 0.0967. The standard InChI is InChI=1S/C30H32N2O2.C17H23NO3.ClH.H2O4S/c1-2-34-28(33)29(25-12-6-3-7-13-25)18-21-32(22-19-29)23-20-30(24-31,26-14-8-4-9-15-26)27-16-10-5-11-17-27;1-18-13-7-8-14(18)10-15(9-13)21-17(20)16(11-19)12-5-3-2-4-6-12;;1-5(2,3)4/h3-17H,2,18-23H2,1H3;2-6,13-16,19H,7-11H2,1H3;1H;(H2,1,2,3,4). The predicted octanol–water partition coefficient (Wildman–Crippen LogP) is 7.18. The first kappa shape index (κ1) is 49.0. The Morgan fingerprint density at radius 3 is 1.74 bits per heavy atom. The molecule has 7 rings (SSSR count). The third-order valence-electron chi connectivity index (χ3n) is 12.2. The molecule has 3 fully saturated rings. The summed E-state index contributed by atoms with van der Waals surface area (Å²) in [7, 11) is -2.50. The molecule has 61 heavy (non-hydrogen) atoms. The maximum absolute atomic E-state index is 13.1. The van der Waals surface area contributed by atoms with E-state index in [1.165, 1.54) is 12.8 Å². The Hall–Kier alpha value is -4.65. The Labute approximate surface area is 366 Å². The summed E-state index contributed by atoms with van der Waals surface area (Å²) in [6.45, 7) is 4.40. The van der Waals surface area contributed by atoms with Crippen LogP contribution in [0.15, 0.2) is 121 Å². The number of hydrogen-bond acceptors (Lipinski definition) is 10. The van der Waals surface area contributed by atoms with Gasteiger partial charge in [0, 0.05) is 18.6 Å². The van der Waals surface area contributed by atoms with E-state index in [9.17, 15) is 20.0 Å². The van der Waals surface area contributed by atoms with E-state index in [-0.39, 0.29) is 37.1 Å². The van der Waals surface area contributed by atoms with Crippen LogP contribution in [0.2, 0.25) is 0 Å². The van der Waals surface area contributed by atoms with Crippen molar-refractivity contribution in [3.05, 3.63) is 144 Å². The normalized spacial score (nSPS) is 20.2. The maximum Gasteiger partial charge on any atom is 0.394 e. The van der Waals surface area contributed by atoms with E-state index in [2.05, 4.69) is 22.9 Å². The van der Waals surface area contributed by atoms with Crippen LogP contribution in [0.25, 0.3) is 0 Å². The summed E-state index contributed by atoms with van der Waals surface area (Å²) in [4.78, 5) is 30.2. The number of aliphatic hydroxyl groups excluding tert-OH is 1. The lowest BCUT2D eigenvalue weighted by Gasteiger charge is -2.41. The molecule has 3 N–H and O–H groups in total. The van der Waals surface area contributed by atoms with Gasteiger partial charge in [0.05, 0.1) is 24.7 Å². The lowest BCUT2D eigenvalue weighted by Crippen LogP contribution is -2.49. The molecule has 0 aromatic heterocycles. The third kappa shape index (κ3) is 12.9. The largest absolute Gasteiger partial charge is 0.465 e. The zero-order chi connectivity index (χ0) is 43.2. The number of nitrogens with zero attached hydrogens (tertiary/aromatic N) is 3. The van der Waals surface area contributed by atoms with E-state index >= 15 is 0 Å². The molecular weight excluding hydrogens is 818 g/mol. The second-order valence-electron chi connectivity index (χ2n) is 15.7. The number of esters is 2. The molecule has 0 saturated carbocycles. The fourth-order valence-corrected chi connectivity index (χ4v) is 8.91. The second-order valence-corrected chi connectivity index (χ2v) is 16.6. The monoisotopic (exact) mass is 875 g/mol. The van der Waals surface area contributed by atoms with Crippen molar-refractivity contribution in [3.63, 3.8) is 0 Å². The molecule has 0 amide bonds. The SMILES string of the molecule is CCOC(=O)C1(c2ccccc2)CCN(CCC(C#N)(c2ccccc2)c2ccccc2)CC1.CN1C2CCC1CC(OC(=O)C(CO)c1ccccc1)C2.Cl.O=S(=O)(O)O. The number of likely N-dealkylation sites (tertiary alicyclic amines) is 1. The van der Waals surface area contributed by atoms with Gasteiger partial charge in [-0.3, -0.25) is 18.7 Å². The van der Waals surface area contributed by atoms with Crippen LogP contribution in [0.4, 0.5) is 0 Å². The van der Waals surface area contributed by atoms with Crippen LogP contribution in [0.5, 0.6) is 0 Å². The van der Waals surface area contributed by atoms with Crippen molar-refractivity contribution in [1.82, 2.24) is 9.80 Å². The zero-order valence-electron chi connectivity index (χ0n) is 34.8. The predicted molar refractivity (Wildman–Crippen MR) is 236 cm³/mol. The Kier molecular flexibility index (Phi) is 18.5. The molecule has 12 nitrogen and oxygen atoms in total. The average molecular weight is 877 g/mol. The van der Waals surface area contributed by atoms with Crippen molar-refractivity contribution in [3.8, 4) is 6.07 Å². The topological polar surface area (TPSA) is 178 Å². The van der Waals surface area contributed by atoms with Gasteiger partial charge in [0.1, 0.15) is 17.4 Å². The minimum absolute atomic E-state index is 0. The molecule has 0 spiro atoms. The highest BCUT2D eigenvalue weighted by molar-refractivity contribution is 7.79. The number of hydrogen-bond donors (Lipinski definition) is 3. The molecule has 4 aromatic carbocycles. The second kappa shape index (κ2) is 23.0. The summed E-state index contributed by atoms with van der Waals surface area (Å²) in [5.41, 5.74) is 2.59. The van der Waals surface area contributed by atoms with Gasteiger partial charge in [-0.1, -0.05) is 121 Å². The number of ether oxygens (including phenoxy) is 2. The van der Waals surface area contributed by atoms with Crippen LogP contribution in [-0.2, 0) is 40.3 Å². The number of carbonyl (C=O) groups excluding carboxylic acids is 2. The Morgan fingerprint density at radius 1 is 0.836 bits per heavy atom. The number of halogens is 1. The molecule has 14 heteroatoms. The smallest absolute Gasteiger partial charge is 0.394 e. The molecule has 3 heterocycles. The zero-order valence-corrected chi connectivity index (χ0v) is 36.4. The minimum atomic E-state index is -4.67.